The van der Waals surface area contributed by atoms with Crippen LogP contribution in [-0.2, 0) is 4.79 Å². The maximum absolute atomic E-state index is 15.4. The fourth-order valence-electron chi connectivity index (χ4n) is 5.86. The molecule has 2 aliphatic heterocycles. The van der Waals surface area contributed by atoms with Crippen LogP contribution in [0.4, 0.5) is 27.4 Å². The topological polar surface area (TPSA) is 129 Å². The summed E-state index contributed by atoms with van der Waals surface area (Å²) in [6, 6.07) is 14.4. The number of hydrogen-bond donors (Lipinski definition) is 2. The zero-order chi connectivity index (χ0) is 32.0. The van der Waals surface area contributed by atoms with Gasteiger partial charge in [-0.2, -0.15) is 5.26 Å². The highest BCUT2D eigenvalue weighted by Gasteiger charge is 2.23. The molecule has 12 heteroatoms. The highest BCUT2D eigenvalue weighted by atomic mass is 19.1. The lowest BCUT2D eigenvalue weighted by Gasteiger charge is -2.32. The Morgan fingerprint density at radius 3 is 2.52 bits per heavy atom. The predicted molar refractivity (Wildman–Crippen MR) is 174 cm³/mol. The molecule has 0 atom stereocenters. The summed E-state index contributed by atoms with van der Waals surface area (Å²) in [5, 5.41) is 16.5. The number of amides is 1. The van der Waals surface area contributed by atoms with Crippen LogP contribution in [-0.4, -0.2) is 65.1 Å². The molecule has 0 aliphatic carbocycles. The number of benzene rings is 2. The van der Waals surface area contributed by atoms with E-state index in [4.69, 9.17) is 9.47 Å². The SMILES string of the molecule is C=CC(=O)N1CCC(Nc2cc3c(Nc4ccc(Oc5ccnc(N6CCC(C#N)CC6)c5)cc4F)ncnc3cc2OC)CC1. The van der Waals surface area contributed by atoms with E-state index in [-0.39, 0.29) is 23.6 Å². The number of carbonyl (C=O) groups is 1. The van der Waals surface area contributed by atoms with Crippen molar-refractivity contribution < 1.29 is 18.7 Å². The van der Waals surface area contributed by atoms with E-state index >= 15 is 4.39 Å². The van der Waals surface area contributed by atoms with E-state index in [1.54, 1.807) is 36.4 Å². The molecule has 4 aromatic rings. The molecule has 1 amide bonds. The lowest BCUT2D eigenvalue weighted by Crippen LogP contribution is -2.41. The molecule has 0 spiro atoms. The van der Waals surface area contributed by atoms with Crippen LogP contribution < -0.4 is 25.0 Å². The van der Waals surface area contributed by atoms with Gasteiger partial charge in [0.25, 0.3) is 0 Å². The Hall–Kier alpha value is -5.44. The van der Waals surface area contributed by atoms with Crippen LogP contribution >= 0.6 is 0 Å². The van der Waals surface area contributed by atoms with Crippen molar-refractivity contribution in [3.63, 3.8) is 0 Å². The van der Waals surface area contributed by atoms with Crippen LogP contribution in [0.25, 0.3) is 10.9 Å². The molecule has 236 valence electrons. The molecule has 0 unspecified atom stereocenters. The number of methoxy groups -OCH3 is 1. The van der Waals surface area contributed by atoms with Gasteiger partial charge in [-0.25, -0.2) is 19.3 Å². The minimum atomic E-state index is -0.509. The molecule has 2 aliphatic rings. The smallest absolute Gasteiger partial charge is 0.245 e. The average Bonchev–Trinajstić information content (AvgIpc) is 3.09. The Balaban J connectivity index is 1.16. The van der Waals surface area contributed by atoms with Crippen LogP contribution in [0.3, 0.4) is 0 Å². The normalized spacial score (nSPS) is 15.7. The first-order valence-corrected chi connectivity index (χ1v) is 15.3. The summed E-state index contributed by atoms with van der Waals surface area (Å²) in [6.07, 6.45) is 7.58. The van der Waals surface area contributed by atoms with Gasteiger partial charge in [0.05, 0.1) is 30.1 Å². The fourth-order valence-corrected chi connectivity index (χ4v) is 5.86. The summed E-state index contributed by atoms with van der Waals surface area (Å²) < 4.78 is 27.0. The van der Waals surface area contributed by atoms with E-state index in [0.29, 0.717) is 47.1 Å². The van der Waals surface area contributed by atoms with Gasteiger partial charge < -0.3 is 29.9 Å². The van der Waals surface area contributed by atoms with Crippen LogP contribution in [0.1, 0.15) is 25.7 Å². The summed E-state index contributed by atoms with van der Waals surface area (Å²) in [4.78, 5) is 29.2. The minimum Gasteiger partial charge on any atom is -0.495 e. The molecule has 6 rings (SSSR count). The fraction of sp³-hybridized carbons (Fsp3) is 0.324. The van der Waals surface area contributed by atoms with Gasteiger partial charge in [-0.3, -0.25) is 4.79 Å². The number of pyridine rings is 1. The molecule has 0 radical (unpaired) electrons. The number of hydrogen-bond acceptors (Lipinski definition) is 10. The molecular formula is C34H35FN8O3. The number of nitrogens with zero attached hydrogens (tertiary/aromatic N) is 6. The Bertz CT molecular complexity index is 1780. The third kappa shape index (κ3) is 6.78. The number of likely N-dealkylation sites (tertiary alicyclic amines) is 1. The highest BCUT2D eigenvalue weighted by molar-refractivity contribution is 5.95. The van der Waals surface area contributed by atoms with Gasteiger partial charge in [0, 0.05) is 67.9 Å². The van der Waals surface area contributed by atoms with E-state index in [2.05, 4.69) is 43.1 Å². The molecule has 46 heavy (non-hydrogen) atoms. The van der Waals surface area contributed by atoms with Crippen molar-refractivity contribution in [3.8, 4) is 23.3 Å². The zero-order valence-corrected chi connectivity index (χ0v) is 25.6. The third-order valence-corrected chi connectivity index (χ3v) is 8.45. The lowest BCUT2D eigenvalue weighted by molar-refractivity contribution is -0.126. The van der Waals surface area contributed by atoms with Crippen molar-refractivity contribution >= 4 is 39.8 Å². The number of aromatic nitrogens is 3. The van der Waals surface area contributed by atoms with Crippen LogP contribution in [0.2, 0.25) is 0 Å². The van der Waals surface area contributed by atoms with Crippen LogP contribution in [0.15, 0.2) is 67.6 Å². The highest BCUT2D eigenvalue weighted by Crippen LogP contribution is 2.35. The first-order chi connectivity index (χ1) is 22.4. The summed E-state index contributed by atoms with van der Waals surface area (Å²) in [5.41, 5.74) is 1.63. The van der Waals surface area contributed by atoms with Gasteiger partial charge in [0.15, 0.2) is 0 Å². The van der Waals surface area contributed by atoms with Crippen LogP contribution in [0.5, 0.6) is 17.2 Å². The number of rotatable bonds is 9. The summed E-state index contributed by atoms with van der Waals surface area (Å²) in [5.74, 6) is 2.23. The first kappa shape index (κ1) is 30.6. The van der Waals surface area contributed by atoms with Crippen molar-refractivity contribution in [1.82, 2.24) is 19.9 Å². The first-order valence-electron chi connectivity index (χ1n) is 15.3. The second kappa shape index (κ2) is 13.7. The minimum absolute atomic E-state index is 0.0583. The molecule has 2 N–H and O–H groups in total. The van der Waals surface area contributed by atoms with Gasteiger partial charge in [0.2, 0.25) is 5.91 Å². The Labute approximate surface area is 266 Å². The Morgan fingerprint density at radius 2 is 1.80 bits per heavy atom. The number of fused-ring (bicyclic) bond motifs is 1. The summed E-state index contributed by atoms with van der Waals surface area (Å²) >= 11 is 0. The molecule has 4 heterocycles. The maximum Gasteiger partial charge on any atom is 0.245 e. The second-order valence-electron chi connectivity index (χ2n) is 11.3. The molecular weight excluding hydrogens is 587 g/mol. The Kier molecular flexibility index (Phi) is 9.10. The molecule has 11 nitrogen and oxygen atoms in total. The van der Waals surface area contributed by atoms with Crippen LogP contribution in [0, 0.1) is 23.1 Å². The molecule has 2 fully saturated rings. The zero-order valence-electron chi connectivity index (χ0n) is 25.6. The standard InChI is InChI=1S/C34H35FN8O3/c1-3-33(44)43-14-9-23(10-15-43)40-30-18-26-29(19-31(30)45-2)38-21-39-34(26)41-28-5-4-24(16-27(28)35)46-25-6-11-37-32(17-25)42-12-7-22(20-36)8-13-42/h3-6,11,16-19,21-23,40H,1,7-10,12-15H2,2H3,(H,38,39,41). The van der Waals surface area contributed by atoms with Gasteiger partial charge >= 0.3 is 0 Å². The number of nitriles is 1. The number of ether oxygens (including phenoxy) is 2. The number of anilines is 4. The van der Waals surface area contributed by atoms with E-state index in [1.165, 1.54) is 18.5 Å². The van der Waals surface area contributed by atoms with E-state index in [9.17, 15) is 10.1 Å². The van der Waals surface area contributed by atoms with Gasteiger partial charge in [0.1, 0.15) is 41.0 Å². The monoisotopic (exact) mass is 622 g/mol. The Morgan fingerprint density at radius 1 is 1.02 bits per heavy atom. The summed E-state index contributed by atoms with van der Waals surface area (Å²) in [6.45, 7) is 6.36. The van der Waals surface area contributed by atoms with E-state index in [1.807, 2.05) is 18.2 Å². The third-order valence-electron chi connectivity index (χ3n) is 8.45. The molecule has 2 aromatic heterocycles. The van der Waals surface area contributed by atoms with Crippen molar-refractivity contribution in [3.05, 3.63) is 73.5 Å². The molecule has 2 saturated heterocycles. The van der Waals surface area contributed by atoms with E-state index < -0.39 is 5.82 Å². The van der Waals surface area contributed by atoms with Crippen molar-refractivity contribution in [1.29, 1.82) is 5.26 Å². The molecule has 0 bridgehead atoms. The lowest BCUT2D eigenvalue weighted by atomic mass is 9.99. The summed E-state index contributed by atoms with van der Waals surface area (Å²) in [7, 11) is 1.60. The van der Waals surface area contributed by atoms with Gasteiger partial charge in [-0.15, -0.1) is 0 Å². The average molecular weight is 623 g/mol. The number of nitrogens with one attached hydrogen (secondary N) is 2. The van der Waals surface area contributed by atoms with Crippen molar-refractivity contribution in [2.75, 3.05) is 48.8 Å². The molecule has 2 aromatic carbocycles. The number of carbonyl (C=O) groups excluding carboxylic acids is 1. The van der Waals surface area contributed by atoms with E-state index in [0.717, 1.165) is 50.3 Å². The largest absolute Gasteiger partial charge is 0.495 e. The molecule has 0 saturated carbocycles. The van der Waals surface area contributed by atoms with Crippen molar-refractivity contribution in [2.24, 2.45) is 5.92 Å². The predicted octanol–water partition coefficient (Wildman–Crippen LogP) is 6.04. The quantitative estimate of drug-likeness (QED) is 0.213. The maximum atomic E-state index is 15.4. The number of halogens is 1. The van der Waals surface area contributed by atoms with Crippen molar-refractivity contribution in [2.45, 2.75) is 31.7 Å². The van der Waals surface area contributed by atoms with Gasteiger partial charge in [-0.1, -0.05) is 6.58 Å². The van der Waals surface area contributed by atoms with Gasteiger partial charge in [-0.05, 0) is 56.0 Å². The number of piperidine rings is 2. The second-order valence-corrected chi connectivity index (χ2v) is 11.3.